The minimum Gasteiger partial charge on any atom is -0.488 e. The molecule has 1 N–H and O–H groups in total. The van der Waals surface area contributed by atoms with Gasteiger partial charge < -0.3 is 19.5 Å². The number of aryl methyl sites for hydroxylation is 1. The Bertz CT molecular complexity index is 1420. The molecular weight excluding hydrogens is 680 g/mol. The Morgan fingerprint density at radius 1 is 1.28 bits per heavy atom. The van der Waals surface area contributed by atoms with E-state index in [9.17, 15) is 9.90 Å². The van der Waals surface area contributed by atoms with Crippen LogP contribution in [0.1, 0.15) is 55.4 Å². The van der Waals surface area contributed by atoms with Gasteiger partial charge in [-0.15, -0.1) is 11.3 Å². The van der Waals surface area contributed by atoms with Gasteiger partial charge in [0.2, 0.25) is 0 Å². The number of thiazole rings is 1. The lowest BCUT2D eigenvalue weighted by Crippen LogP contribution is -2.48. The highest BCUT2D eigenvalue weighted by atomic mass is 127. The number of hydrogen-bond donors (Lipinski definition) is 1. The summed E-state index contributed by atoms with van der Waals surface area (Å²) in [7, 11) is 0. The highest BCUT2D eigenvalue weighted by molar-refractivity contribution is 14.1. The normalized spacial score (nSPS) is 19.7. The Balaban J connectivity index is 1.30. The smallest absolute Gasteiger partial charge is 0.309 e. The van der Waals surface area contributed by atoms with Crippen LogP contribution < -0.4 is 9.64 Å². The third kappa shape index (κ3) is 7.34. The number of aromatic nitrogens is 1. The summed E-state index contributed by atoms with van der Waals surface area (Å²) in [5, 5.41) is 12.5. The zero-order valence-electron chi connectivity index (χ0n) is 25.2. The molecule has 10 heteroatoms. The van der Waals surface area contributed by atoms with Crippen LogP contribution in [0.15, 0.2) is 35.7 Å². The number of carbonyl (C=O) groups is 1. The minimum atomic E-state index is -0.808. The lowest BCUT2D eigenvalue weighted by atomic mass is 9.94. The van der Waals surface area contributed by atoms with E-state index in [0.29, 0.717) is 38.7 Å². The van der Waals surface area contributed by atoms with E-state index in [1.54, 1.807) is 6.07 Å². The Morgan fingerprint density at radius 2 is 2.12 bits per heavy atom. The van der Waals surface area contributed by atoms with Crippen molar-refractivity contribution >= 4 is 45.0 Å². The average Bonchev–Trinajstić information content (AvgIpc) is 3.49. The number of rotatable bonds is 12. The summed E-state index contributed by atoms with van der Waals surface area (Å²) in [6.45, 7) is 9.60. The Labute approximate surface area is 271 Å². The van der Waals surface area contributed by atoms with Crippen molar-refractivity contribution in [1.29, 1.82) is 0 Å². The molecule has 3 atom stereocenters. The van der Waals surface area contributed by atoms with Gasteiger partial charge in [-0.05, 0) is 68.4 Å². The molecule has 2 aromatic carbocycles. The summed E-state index contributed by atoms with van der Waals surface area (Å²) in [6.07, 6.45) is 3.22. The molecule has 1 fully saturated rings. The molecule has 2 aliphatic heterocycles. The van der Waals surface area contributed by atoms with Crippen LogP contribution in [-0.4, -0.2) is 63.8 Å². The number of fused-ring (bicyclic) bond motifs is 1. The maximum atomic E-state index is 15.4. The standard InChI is InChI=1S/C33H41FIN3O4S/c1-4-24(9-12-35)37-13-10-23-15-22(16-28(34)27(23)17-37)19-42-31-21(3)7-6-8-25(31)29-20-43-33(36-29)38-14-11-26(32(39)40)30(18-38)41-5-2/h6-8,15-16,20,24,26,30H,4-5,9-14,17-19H2,1-3H3,(H,39,40)/t24?,26-,30+/m0/s1. The summed E-state index contributed by atoms with van der Waals surface area (Å²) < 4.78 is 28.7. The Morgan fingerprint density at radius 3 is 2.86 bits per heavy atom. The molecule has 1 aromatic heterocycles. The number of ether oxygens (including phenoxy) is 2. The van der Waals surface area contributed by atoms with Crippen LogP contribution in [0.4, 0.5) is 9.52 Å². The van der Waals surface area contributed by atoms with Crippen LogP contribution in [0.5, 0.6) is 5.75 Å². The number of halogens is 2. The number of alkyl halides is 1. The molecule has 7 nitrogen and oxygen atoms in total. The van der Waals surface area contributed by atoms with Crippen molar-refractivity contribution in [2.45, 2.75) is 71.8 Å². The third-order valence-corrected chi connectivity index (χ3v) is 10.2. The number of nitrogens with zero attached hydrogens (tertiary/aromatic N) is 3. The van der Waals surface area contributed by atoms with Gasteiger partial charge in [-0.2, -0.15) is 0 Å². The first-order valence-corrected chi connectivity index (χ1v) is 17.6. The fourth-order valence-electron chi connectivity index (χ4n) is 6.36. The van der Waals surface area contributed by atoms with E-state index in [1.807, 2.05) is 37.4 Å². The average molecular weight is 722 g/mol. The van der Waals surface area contributed by atoms with Gasteiger partial charge in [-0.25, -0.2) is 9.37 Å². The zero-order valence-corrected chi connectivity index (χ0v) is 28.1. The Kier molecular flexibility index (Phi) is 11.0. The fourth-order valence-corrected chi connectivity index (χ4v) is 7.94. The lowest BCUT2D eigenvalue weighted by Gasteiger charge is -2.36. The molecule has 2 aliphatic rings. The van der Waals surface area contributed by atoms with Crippen molar-refractivity contribution in [2.24, 2.45) is 5.92 Å². The first kappa shape index (κ1) is 32.1. The van der Waals surface area contributed by atoms with Gasteiger partial charge in [0, 0.05) is 59.8 Å². The molecule has 0 amide bonds. The summed E-state index contributed by atoms with van der Waals surface area (Å²) in [6, 6.07) is 10.3. The van der Waals surface area contributed by atoms with E-state index in [0.717, 1.165) is 74.6 Å². The molecule has 0 radical (unpaired) electrons. The van der Waals surface area contributed by atoms with E-state index in [2.05, 4.69) is 45.4 Å². The highest BCUT2D eigenvalue weighted by Crippen LogP contribution is 2.37. The van der Waals surface area contributed by atoms with Crippen LogP contribution in [0, 0.1) is 18.7 Å². The van der Waals surface area contributed by atoms with Crippen LogP contribution in [0.2, 0.25) is 0 Å². The van der Waals surface area contributed by atoms with Gasteiger partial charge in [0.25, 0.3) is 0 Å². The quantitative estimate of drug-likeness (QED) is 0.158. The van der Waals surface area contributed by atoms with Gasteiger partial charge in [0.05, 0.1) is 17.7 Å². The molecule has 0 saturated carbocycles. The summed E-state index contributed by atoms with van der Waals surface area (Å²) >= 11 is 3.97. The molecule has 232 valence electrons. The van der Waals surface area contributed by atoms with Gasteiger partial charge in [0.1, 0.15) is 18.2 Å². The number of anilines is 1. The second kappa shape index (κ2) is 14.7. The van der Waals surface area contributed by atoms with Crippen molar-refractivity contribution in [1.82, 2.24) is 9.88 Å². The first-order valence-electron chi connectivity index (χ1n) is 15.2. The predicted molar refractivity (Wildman–Crippen MR) is 178 cm³/mol. The van der Waals surface area contributed by atoms with Crippen molar-refractivity contribution < 1.29 is 23.8 Å². The van der Waals surface area contributed by atoms with Gasteiger partial charge in [0.15, 0.2) is 5.13 Å². The molecule has 0 bridgehead atoms. The maximum Gasteiger partial charge on any atom is 0.309 e. The van der Waals surface area contributed by atoms with Crippen LogP contribution >= 0.6 is 33.9 Å². The lowest BCUT2D eigenvalue weighted by molar-refractivity contribution is -0.148. The highest BCUT2D eigenvalue weighted by Gasteiger charge is 2.35. The largest absolute Gasteiger partial charge is 0.488 e. The molecule has 43 heavy (non-hydrogen) atoms. The van der Waals surface area contributed by atoms with E-state index in [1.165, 1.54) is 11.3 Å². The number of carboxylic acids is 1. The fraction of sp³-hybridized carbons (Fsp3) is 0.515. The van der Waals surface area contributed by atoms with Crippen LogP contribution in [-0.2, 0) is 29.1 Å². The predicted octanol–water partition coefficient (Wildman–Crippen LogP) is 7.11. The molecule has 3 heterocycles. The molecule has 5 rings (SSSR count). The molecule has 0 aliphatic carbocycles. The second-order valence-electron chi connectivity index (χ2n) is 11.4. The number of piperidine rings is 1. The SMILES string of the molecule is CCO[C@@H]1CN(c2nc(-c3cccc(C)c3OCc3cc(F)c4c(c3)CCN(C(CC)CCI)C4)cs2)CC[C@@H]1C(=O)O. The number of hydrogen-bond acceptors (Lipinski definition) is 7. The maximum absolute atomic E-state index is 15.4. The second-order valence-corrected chi connectivity index (χ2v) is 13.3. The van der Waals surface area contributed by atoms with Crippen molar-refractivity contribution in [2.75, 3.05) is 35.6 Å². The molecular formula is C33H41FIN3O4S. The summed E-state index contributed by atoms with van der Waals surface area (Å²) in [4.78, 5) is 21.2. The first-order chi connectivity index (χ1) is 20.8. The molecule has 1 saturated heterocycles. The van der Waals surface area contributed by atoms with Crippen LogP contribution in [0.25, 0.3) is 11.3 Å². The van der Waals surface area contributed by atoms with Crippen molar-refractivity contribution in [3.8, 4) is 17.0 Å². The van der Waals surface area contributed by atoms with Crippen molar-refractivity contribution in [3.63, 3.8) is 0 Å². The zero-order chi connectivity index (χ0) is 30.5. The monoisotopic (exact) mass is 721 g/mol. The van der Waals surface area contributed by atoms with E-state index >= 15 is 4.39 Å². The molecule has 1 unspecified atom stereocenters. The van der Waals surface area contributed by atoms with Crippen LogP contribution in [0.3, 0.4) is 0 Å². The Hall–Kier alpha value is -2.28. The number of carboxylic acid groups (broad SMARTS) is 1. The van der Waals surface area contributed by atoms with E-state index in [-0.39, 0.29) is 18.5 Å². The summed E-state index contributed by atoms with van der Waals surface area (Å²) in [5.74, 6) is -0.716. The molecule has 3 aromatic rings. The van der Waals surface area contributed by atoms with E-state index < -0.39 is 11.9 Å². The number of aliphatic carboxylic acids is 1. The van der Waals surface area contributed by atoms with Crippen molar-refractivity contribution in [3.05, 3.63) is 63.8 Å². The van der Waals surface area contributed by atoms with Gasteiger partial charge in [-0.3, -0.25) is 9.69 Å². The summed E-state index contributed by atoms with van der Waals surface area (Å²) in [5.41, 5.74) is 5.43. The number of para-hydroxylation sites is 1. The third-order valence-electron chi connectivity index (χ3n) is 8.70. The van der Waals surface area contributed by atoms with Gasteiger partial charge in [-0.1, -0.05) is 47.7 Å². The van der Waals surface area contributed by atoms with Gasteiger partial charge >= 0.3 is 5.97 Å². The number of benzene rings is 2. The minimum absolute atomic E-state index is 0.142. The van der Waals surface area contributed by atoms with E-state index in [4.69, 9.17) is 14.5 Å². The molecule has 0 spiro atoms. The topological polar surface area (TPSA) is 75.1 Å².